The third-order valence-corrected chi connectivity index (χ3v) is 3.78. The largest absolute Gasteiger partial charge is 0.494 e. The summed E-state index contributed by atoms with van der Waals surface area (Å²) in [5, 5.41) is 0. The van der Waals surface area contributed by atoms with Crippen molar-refractivity contribution in [1.82, 2.24) is 5.43 Å². The van der Waals surface area contributed by atoms with Crippen LogP contribution in [0.4, 0.5) is 0 Å². The van der Waals surface area contributed by atoms with E-state index >= 15 is 0 Å². The van der Waals surface area contributed by atoms with Crippen LogP contribution < -0.4 is 16.0 Å². The Balaban J connectivity index is 2.01. The zero-order chi connectivity index (χ0) is 13.0. The number of hydrogen-bond acceptors (Lipinski definition) is 3. The summed E-state index contributed by atoms with van der Waals surface area (Å²) in [6.45, 7) is 5.17. The fraction of sp³-hybridized carbons (Fsp3) is 0.600. The molecule has 2 unspecified atom stereocenters. The maximum absolute atomic E-state index is 5.71. The second-order valence-electron chi connectivity index (χ2n) is 5.26. The van der Waals surface area contributed by atoms with E-state index in [2.05, 4.69) is 31.4 Å². The molecule has 0 spiro atoms. The van der Waals surface area contributed by atoms with Crippen molar-refractivity contribution >= 4 is 0 Å². The molecular weight excluding hydrogens is 224 g/mol. The van der Waals surface area contributed by atoms with Crippen molar-refractivity contribution in [3.05, 3.63) is 29.8 Å². The van der Waals surface area contributed by atoms with E-state index < -0.39 is 0 Å². The highest BCUT2D eigenvalue weighted by molar-refractivity contribution is 5.29. The van der Waals surface area contributed by atoms with Crippen molar-refractivity contribution in [1.29, 1.82) is 0 Å². The molecule has 1 saturated carbocycles. The fourth-order valence-corrected chi connectivity index (χ4v) is 2.44. The average molecular weight is 248 g/mol. The molecule has 1 aliphatic carbocycles. The van der Waals surface area contributed by atoms with Crippen molar-refractivity contribution in [2.75, 3.05) is 6.61 Å². The number of nitrogens with one attached hydrogen (secondary N) is 1. The highest BCUT2D eigenvalue weighted by Gasteiger charge is 2.33. The van der Waals surface area contributed by atoms with E-state index in [0.29, 0.717) is 5.92 Å². The smallest absolute Gasteiger partial charge is 0.119 e. The van der Waals surface area contributed by atoms with E-state index in [9.17, 15) is 0 Å². The van der Waals surface area contributed by atoms with Gasteiger partial charge in [0.2, 0.25) is 0 Å². The number of hydrogen-bond donors (Lipinski definition) is 2. The molecule has 3 N–H and O–H groups in total. The first-order chi connectivity index (χ1) is 8.76. The van der Waals surface area contributed by atoms with Crippen molar-refractivity contribution in [3.8, 4) is 5.75 Å². The van der Waals surface area contributed by atoms with Crippen LogP contribution >= 0.6 is 0 Å². The van der Waals surface area contributed by atoms with Crippen LogP contribution in [0.3, 0.4) is 0 Å². The molecule has 1 aliphatic rings. The molecule has 3 heteroatoms. The van der Waals surface area contributed by atoms with Gasteiger partial charge in [-0.25, -0.2) is 0 Å². The lowest BCUT2D eigenvalue weighted by Crippen LogP contribution is -2.33. The topological polar surface area (TPSA) is 47.3 Å². The summed E-state index contributed by atoms with van der Waals surface area (Å²) in [4.78, 5) is 0. The molecule has 18 heavy (non-hydrogen) atoms. The number of benzene rings is 1. The van der Waals surface area contributed by atoms with Gasteiger partial charge < -0.3 is 4.74 Å². The lowest BCUT2D eigenvalue weighted by atomic mass is 9.91. The number of ether oxygens (including phenoxy) is 1. The predicted octanol–water partition coefficient (Wildman–Crippen LogP) is 3.03. The first-order valence-electron chi connectivity index (χ1n) is 6.95. The zero-order valence-electron chi connectivity index (χ0n) is 11.4. The summed E-state index contributed by atoms with van der Waals surface area (Å²) >= 11 is 0. The monoisotopic (exact) mass is 248 g/mol. The van der Waals surface area contributed by atoms with Gasteiger partial charge in [-0.3, -0.25) is 11.3 Å². The summed E-state index contributed by atoms with van der Waals surface area (Å²) in [5.74, 6) is 8.08. The van der Waals surface area contributed by atoms with Crippen LogP contribution in [0.2, 0.25) is 0 Å². The molecule has 1 fully saturated rings. The van der Waals surface area contributed by atoms with E-state index in [1.807, 2.05) is 12.1 Å². The summed E-state index contributed by atoms with van der Waals surface area (Å²) < 4.78 is 5.59. The molecule has 0 aliphatic heterocycles. The molecular formula is C15H24N2O. The second-order valence-corrected chi connectivity index (χ2v) is 5.26. The first-order valence-corrected chi connectivity index (χ1v) is 6.95. The minimum absolute atomic E-state index is 0.248. The van der Waals surface area contributed by atoms with Crippen LogP contribution in [0.5, 0.6) is 5.75 Å². The Morgan fingerprint density at radius 3 is 2.50 bits per heavy atom. The van der Waals surface area contributed by atoms with Crippen LogP contribution in [-0.4, -0.2) is 6.61 Å². The van der Waals surface area contributed by atoms with Crippen molar-refractivity contribution in [3.63, 3.8) is 0 Å². The molecule has 2 atom stereocenters. The molecule has 0 aromatic heterocycles. The van der Waals surface area contributed by atoms with Gasteiger partial charge in [0.1, 0.15) is 5.75 Å². The third kappa shape index (κ3) is 3.24. The summed E-state index contributed by atoms with van der Waals surface area (Å²) in [7, 11) is 0. The van der Waals surface area contributed by atoms with E-state index in [4.69, 9.17) is 10.6 Å². The van der Waals surface area contributed by atoms with Gasteiger partial charge in [-0.2, -0.15) is 0 Å². The molecule has 1 aromatic carbocycles. The molecule has 0 saturated heterocycles. The summed E-state index contributed by atoms with van der Waals surface area (Å²) in [5.41, 5.74) is 4.21. The Hall–Kier alpha value is -1.06. The molecule has 0 amide bonds. The Kier molecular flexibility index (Phi) is 4.61. The van der Waals surface area contributed by atoms with E-state index in [-0.39, 0.29) is 6.04 Å². The predicted molar refractivity (Wildman–Crippen MR) is 74.2 cm³/mol. The molecule has 3 nitrogen and oxygen atoms in total. The van der Waals surface area contributed by atoms with E-state index in [0.717, 1.165) is 24.7 Å². The number of nitrogens with two attached hydrogens (primary N) is 1. The van der Waals surface area contributed by atoms with Gasteiger partial charge in [0.05, 0.1) is 6.61 Å². The standard InChI is InChI=1S/C15H24N2O/c1-3-10-18-14-8-6-13(7-9-14)15(17-16)11(2)12-4-5-12/h6-9,11-12,15,17H,3-5,10,16H2,1-2H3. The van der Waals surface area contributed by atoms with Gasteiger partial charge in [0.15, 0.2) is 0 Å². The molecule has 0 radical (unpaired) electrons. The lowest BCUT2D eigenvalue weighted by molar-refractivity contribution is 0.316. The Bertz CT molecular complexity index is 359. The fourth-order valence-electron chi connectivity index (χ4n) is 2.44. The Morgan fingerprint density at radius 1 is 1.33 bits per heavy atom. The summed E-state index contributed by atoms with van der Waals surface area (Å²) in [6.07, 6.45) is 3.72. The normalized spacial score (nSPS) is 18.4. The average Bonchev–Trinajstić information content (AvgIpc) is 3.23. The Labute approximate surface area is 110 Å². The minimum atomic E-state index is 0.248. The molecule has 0 heterocycles. The van der Waals surface area contributed by atoms with Gasteiger partial charge in [-0.15, -0.1) is 0 Å². The van der Waals surface area contributed by atoms with Crippen molar-refractivity contribution in [2.45, 2.75) is 39.2 Å². The van der Waals surface area contributed by atoms with Crippen molar-refractivity contribution < 1.29 is 4.74 Å². The van der Waals surface area contributed by atoms with E-state index in [1.165, 1.54) is 18.4 Å². The number of hydrazine groups is 1. The zero-order valence-corrected chi connectivity index (χ0v) is 11.4. The van der Waals surface area contributed by atoms with Crippen molar-refractivity contribution in [2.24, 2.45) is 17.7 Å². The highest BCUT2D eigenvalue weighted by atomic mass is 16.5. The van der Waals surface area contributed by atoms with Crippen LogP contribution in [-0.2, 0) is 0 Å². The molecule has 0 bridgehead atoms. The van der Waals surface area contributed by atoms with Crippen LogP contribution in [0.1, 0.15) is 44.7 Å². The van der Waals surface area contributed by atoms with Gasteiger partial charge in [-0.1, -0.05) is 26.0 Å². The molecule has 1 aromatic rings. The maximum atomic E-state index is 5.71. The SMILES string of the molecule is CCCOc1ccc(C(NN)C(C)C2CC2)cc1. The van der Waals surface area contributed by atoms with Gasteiger partial charge in [0, 0.05) is 6.04 Å². The van der Waals surface area contributed by atoms with Gasteiger partial charge >= 0.3 is 0 Å². The second kappa shape index (κ2) is 6.21. The Morgan fingerprint density at radius 2 is 2.00 bits per heavy atom. The quantitative estimate of drug-likeness (QED) is 0.576. The van der Waals surface area contributed by atoms with Crippen LogP contribution in [0.25, 0.3) is 0 Å². The van der Waals surface area contributed by atoms with Gasteiger partial charge in [0.25, 0.3) is 0 Å². The van der Waals surface area contributed by atoms with E-state index in [1.54, 1.807) is 0 Å². The van der Waals surface area contributed by atoms with Crippen LogP contribution in [0.15, 0.2) is 24.3 Å². The highest BCUT2D eigenvalue weighted by Crippen LogP contribution is 2.42. The summed E-state index contributed by atoms with van der Waals surface area (Å²) in [6, 6.07) is 8.56. The maximum Gasteiger partial charge on any atom is 0.119 e. The first kappa shape index (κ1) is 13.4. The van der Waals surface area contributed by atoms with Gasteiger partial charge in [-0.05, 0) is 48.8 Å². The lowest BCUT2D eigenvalue weighted by Gasteiger charge is -2.23. The molecule has 100 valence electrons. The number of rotatable bonds is 7. The molecule has 2 rings (SSSR count). The van der Waals surface area contributed by atoms with Crippen LogP contribution in [0, 0.1) is 11.8 Å². The third-order valence-electron chi connectivity index (χ3n) is 3.78. The minimum Gasteiger partial charge on any atom is -0.494 e.